The molecule has 1 aromatic heterocycles. The molecule has 0 aromatic carbocycles. The molecule has 1 rings (SSSR count). The van der Waals surface area contributed by atoms with Crippen molar-refractivity contribution in [2.24, 2.45) is 5.92 Å². The van der Waals surface area contributed by atoms with Crippen LogP contribution in [0.1, 0.15) is 46.0 Å². The molecule has 2 N–H and O–H groups in total. The van der Waals surface area contributed by atoms with Crippen LogP contribution in [0.3, 0.4) is 0 Å². The van der Waals surface area contributed by atoms with Gasteiger partial charge in [-0.3, -0.25) is 4.79 Å². The van der Waals surface area contributed by atoms with E-state index in [2.05, 4.69) is 16.9 Å². The topological polar surface area (TPSA) is 78.1 Å². The van der Waals surface area contributed by atoms with Crippen LogP contribution in [-0.2, 0) is 9.53 Å². The lowest BCUT2D eigenvalue weighted by atomic mass is 10.0. The van der Waals surface area contributed by atoms with Gasteiger partial charge in [-0.05, 0) is 13.3 Å². The molecule has 5 nitrogen and oxygen atoms in total. The second-order valence-electron chi connectivity index (χ2n) is 4.99. The Morgan fingerprint density at radius 3 is 2.82 bits per heavy atom. The number of nitrogen functional groups attached to an aromatic ring is 1. The standard InChI is InChI=1S/C15H24ClN3O2S/c1-3-5-6-7-8-11(15(20)21-4-2)10-22-14-13(17)19-12(16)9-18-14/h9,11H,3-8,10H2,1-2H3,(H2,17,19). The Kier molecular flexibility index (Phi) is 9.24. The predicted molar refractivity (Wildman–Crippen MR) is 91.1 cm³/mol. The number of thioether (sulfide) groups is 1. The number of hydrogen-bond acceptors (Lipinski definition) is 6. The van der Waals surface area contributed by atoms with Crippen molar-refractivity contribution in [3.05, 3.63) is 11.3 Å². The summed E-state index contributed by atoms with van der Waals surface area (Å²) in [6.45, 7) is 4.39. The van der Waals surface area contributed by atoms with E-state index in [0.29, 0.717) is 23.2 Å². The van der Waals surface area contributed by atoms with Crippen LogP contribution in [0.2, 0.25) is 5.15 Å². The van der Waals surface area contributed by atoms with Crippen LogP contribution in [0.15, 0.2) is 11.2 Å². The summed E-state index contributed by atoms with van der Waals surface area (Å²) in [4.78, 5) is 20.2. The zero-order valence-electron chi connectivity index (χ0n) is 13.2. The number of halogens is 1. The summed E-state index contributed by atoms with van der Waals surface area (Å²) in [7, 11) is 0. The van der Waals surface area contributed by atoms with E-state index in [9.17, 15) is 4.79 Å². The molecular weight excluding hydrogens is 322 g/mol. The average Bonchev–Trinajstić information content (AvgIpc) is 2.48. The molecule has 7 heteroatoms. The van der Waals surface area contributed by atoms with Gasteiger partial charge in [-0.1, -0.05) is 44.2 Å². The Morgan fingerprint density at radius 2 is 2.18 bits per heavy atom. The number of carbonyl (C=O) groups excluding carboxylic acids is 1. The second-order valence-corrected chi connectivity index (χ2v) is 6.39. The van der Waals surface area contributed by atoms with E-state index in [0.717, 1.165) is 19.3 Å². The number of hydrogen-bond donors (Lipinski definition) is 1. The Hall–Kier alpha value is -1.01. The van der Waals surface area contributed by atoms with Crippen molar-refractivity contribution in [1.82, 2.24) is 9.97 Å². The van der Waals surface area contributed by atoms with Gasteiger partial charge in [0.2, 0.25) is 0 Å². The van der Waals surface area contributed by atoms with Gasteiger partial charge in [0.25, 0.3) is 0 Å². The number of carbonyl (C=O) groups is 1. The first-order chi connectivity index (χ1) is 10.6. The number of nitrogens with two attached hydrogens (primary N) is 1. The first kappa shape index (κ1) is 19.0. The van der Waals surface area contributed by atoms with Crippen molar-refractivity contribution in [1.29, 1.82) is 0 Å². The highest BCUT2D eigenvalue weighted by Gasteiger charge is 2.20. The third-order valence-corrected chi connectivity index (χ3v) is 4.52. The normalized spacial score (nSPS) is 12.1. The molecule has 1 unspecified atom stereocenters. The Labute approximate surface area is 141 Å². The van der Waals surface area contributed by atoms with E-state index >= 15 is 0 Å². The maximum Gasteiger partial charge on any atom is 0.309 e. The summed E-state index contributed by atoms with van der Waals surface area (Å²) in [6.07, 6.45) is 6.82. The van der Waals surface area contributed by atoms with Crippen LogP contribution in [0, 0.1) is 5.92 Å². The molecule has 0 saturated carbocycles. The fraction of sp³-hybridized carbons (Fsp3) is 0.667. The zero-order chi connectivity index (χ0) is 16.4. The van der Waals surface area contributed by atoms with E-state index in [1.54, 1.807) is 0 Å². The van der Waals surface area contributed by atoms with Gasteiger partial charge >= 0.3 is 5.97 Å². The summed E-state index contributed by atoms with van der Waals surface area (Å²) in [6, 6.07) is 0. The van der Waals surface area contributed by atoms with Gasteiger partial charge in [-0.15, -0.1) is 11.8 Å². The fourth-order valence-corrected chi connectivity index (χ4v) is 3.13. The number of nitrogens with zero attached hydrogens (tertiary/aromatic N) is 2. The van der Waals surface area contributed by atoms with Crippen LogP contribution in [0.4, 0.5) is 5.82 Å². The molecule has 1 heterocycles. The number of esters is 1. The summed E-state index contributed by atoms with van der Waals surface area (Å²) >= 11 is 7.16. The van der Waals surface area contributed by atoms with Gasteiger partial charge in [0.15, 0.2) is 5.82 Å². The van der Waals surface area contributed by atoms with Crippen LogP contribution in [0.5, 0.6) is 0 Å². The minimum Gasteiger partial charge on any atom is -0.466 e. The smallest absolute Gasteiger partial charge is 0.309 e. The van der Waals surface area contributed by atoms with Crippen LogP contribution in [0.25, 0.3) is 0 Å². The fourth-order valence-electron chi connectivity index (χ4n) is 2.01. The second kappa shape index (κ2) is 10.7. The summed E-state index contributed by atoms with van der Waals surface area (Å²) < 4.78 is 5.16. The van der Waals surface area contributed by atoms with Gasteiger partial charge in [-0.2, -0.15) is 0 Å². The third-order valence-electron chi connectivity index (χ3n) is 3.18. The van der Waals surface area contributed by atoms with Gasteiger partial charge in [0.1, 0.15) is 10.2 Å². The number of rotatable bonds is 10. The molecular formula is C15H24ClN3O2S. The molecule has 124 valence electrons. The van der Waals surface area contributed by atoms with Gasteiger partial charge < -0.3 is 10.5 Å². The zero-order valence-corrected chi connectivity index (χ0v) is 14.8. The van der Waals surface area contributed by atoms with Gasteiger partial charge in [0.05, 0.1) is 18.7 Å². The molecule has 1 aromatic rings. The molecule has 0 aliphatic carbocycles. The highest BCUT2D eigenvalue weighted by Crippen LogP contribution is 2.26. The molecule has 0 spiro atoms. The molecule has 0 radical (unpaired) electrons. The third kappa shape index (κ3) is 6.83. The van der Waals surface area contributed by atoms with Crippen molar-refractivity contribution in [3.63, 3.8) is 0 Å². The van der Waals surface area contributed by atoms with Crippen LogP contribution in [-0.4, -0.2) is 28.3 Å². The summed E-state index contributed by atoms with van der Waals surface area (Å²) in [5.41, 5.74) is 5.79. The van der Waals surface area contributed by atoms with Crippen molar-refractivity contribution in [3.8, 4) is 0 Å². The maximum atomic E-state index is 12.0. The SMILES string of the molecule is CCCCCCC(CSc1ncc(Cl)nc1N)C(=O)OCC. The maximum absolute atomic E-state index is 12.0. The Bertz CT molecular complexity index is 474. The number of ether oxygens (including phenoxy) is 1. The summed E-state index contributed by atoms with van der Waals surface area (Å²) in [5.74, 6) is 0.600. The Balaban J connectivity index is 2.57. The lowest BCUT2D eigenvalue weighted by molar-refractivity contribution is -0.147. The molecule has 0 bridgehead atoms. The number of anilines is 1. The first-order valence-electron chi connectivity index (χ1n) is 7.65. The number of unbranched alkanes of at least 4 members (excludes halogenated alkanes) is 3. The molecule has 22 heavy (non-hydrogen) atoms. The largest absolute Gasteiger partial charge is 0.466 e. The molecule has 0 aliphatic rings. The van der Waals surface area contributed by atoms with Gasteiger partial charge in [-0.25, -0.2) is 9.97 Å². The summed E-state index contributed by atoms with van der Waals surface area (Å²) in [5, 5.41) is 0.871. The van der Waals surface area contributed by atoms with Crippen molar-refractivity contribution in [2.45, 2.75) is 51.0 Å². The molecule has 0 amide bonds. The lowest BCUT2D eigenvalue weighted by Crippen LogP contribution is -2.20. The van der Waals surface area contributed by atoms with E-state index in [-0.39, 0.29) is 17.0 Å². The average molecular weight is 346 g/mol. The number of aromatic nitrogens is 2. The highest BCUT2D eigenvalue weighted by molar-refractivity contribution is 7.99. The van der Waals surface area contributed by atoms with Gasteiger partial charge in [0, 0.05) is 5.75 Å². The Morgan fingerprint density at radius 1 is 1.41 bits per heavy atom. The van der Waals surface area contributed by atoms with E-state index in [4.69, 9.17) is 22.1 Å². The monoisotopic (exact) mass is 345 g/mol. The molecule has 0 saturated heterocycles. The quantitative estimate of drug-likeness (QED) is 0.393. The highest BCUT2D eigenvalue weighted by atomic mass is 35.5. The van der Waals surface area contributed by atoms with Crippen molar-refractivity contribution < 1.29 is 9.53 Å². The van der Waals surface area contributed by atoms with E-state index < -0.39 is 0 Å². The van der Waals surface area contributed by atoms with Crippen LogP contribution >= 0.6 is 23.4 Å². The predicted octanol–water partition coefficient (Wildman–Crippen LogP) is 3.95. The molecule has 1 atom stereocenters. The van der Waals surface area contributed by atoms with E-state index in [1.807, 2.05) is 6.92 Å². The molecule has 0 fully saturated rings. The minimum absolute atomic E-state index is 0.140. The minimum atomic E-state index is -0.146. The first-order valence-corrected chi connectivity index (χ1v) is 9.02. The van der Waals surface area contributed by atoms with Crippen molar-refractivity contribution in [2.75, 3.05) is 18.1 Å². The van der Waals surface area contributed by atoms with Crippen molar-refractivity contribution >= 4 is 35.1 Å². The lowest BCUT2D eigenvalue weighted by Gasteiger charge is -2.15. The molecule has 0 aliphatic heterocycles. The van der Waals surface area contributed by atoms with E-state index in [1.165, 1.54) is 30.8 Å². The van der Waals surface area contributed by atoms with Crippen LogP contribution < -0.4 is 5.73 Å².